The second-order valence-electron chi connectivity index (χ2n) is 5.89. The van der Waals surface area contributed by atoms with E-state index in [1.54, 1.807) is 25.6 Å². The maximum Gasteiger partial charge on any atom is 0.251 e. The highest BCUT2D eigenvalue weighted by Crippen LogP contribution is 2.27. The number of aryl methyl sites for hydroxylation is 1. The average molecular weight is 336 g/mol. The summed E-state index contributed by atoms with van der Waals surface area (Å²) in [6.45, 7) is 0.480. The number of amides is 1. The fourth-order valence-electron chi connectivity index (χ4n) is 2.77. The molecule has 0 fully saturated rings. The lowest BCUT2D eigenvalue weighted by Gasteiger charge is -2.15. The molecule has 0 saturated carbocycles. The SMILES string of the molecule is Cn1ccc(C(=O)NCCC(c2ccccc2)c2ccco2)cc1=O. The molecule has 0 aliphatic heterocycles. The van der Waals surface area contributed by atoms with Crippen molar-refractivity contribution in [1.29, 1.82) is 0 Å². The van der Waals surface area contributed by atoms with Crippen LogP contribution in [-0.4, -0.2) is 17.0 Å². The lowest BCUT2D eigenvalue weighted by atomic mass is 9.93. The minimum atomic E-state index is -0.246. The van der Waals surface area contributed by atoms with Gasteiger partial charge in [-0.05, 0) is 30.2 Å². The first-order valence-electron chi connectivity index (χ1n) is 8.18. The Morgan fingerprint density at radius 1 is 1.16 bits per heavy atom. The van der Waals surface area contributed by atoms with Gasteiger partial charge in [0.25, 0.3) is 11.5 Å². The number of nitrogens with one attached hydrogen (secondary N) is 1. The predicted octanol–water partition coefficient (Wildman–Crippen LogP) is 2.93. The molecule has 0 radical (unpaired) electrons. The summed E-state index contributed by atoms with van der Waals surface area (Å²) in [5, 5.41) is 2.88. The van der Waals surface area contributed by atoms with Crippen molar-refractivity contribution in [2.45, 2.75) is 12.3 Å². The number of furan rings is 1. The number of carbonyl (C=O) groups is 1. The van der Waals surface area contributed by atoms with E-state index in [2.05, 4.69) is 17.4 Å². The Morgan fingerprint density at radius 2 is 1.96 bits per heavy atom. The van der Waals surface area contributed by atoms with E-state index in [1.165, 1.54) is 10.6 Å². The van der Waals surface area contributed by atoms with E-state index in [-0.39, 0.29) is 17.4 Å². The smallest absolute Gasteiger partial charge is 0.251 e. The summed E-state index contributed by atoms with van der Waals surface area (Å²) >= 11 is 0. The molecule has 2 heterocycles. The van der Waals surface area contributed by atoms with Crippen LogP contribution in [-0.2, 0) is 7.05 Å². The van der Waals surface area contributed by atoms with Gasteiger partial charge in [0.1, 0.15) is 5.76 Å². The number of hydrogen-bond acceptors (Lipinski definition) is 3. The number of benzene rings is 1. The lowest BCUT2D eigenvalue weighted by molar-refractivity contribution is 0.0952. The highest BCUT2D eigenvalue weighted by atomic mass is 16.3. The third-order valence-corrected chi connectivity index (χ3v) is 4.17. The van der Waals surface area contributed by atoms with Crippen LogP contribution in [0.4, 0.5) is 0 Å². The van der Waals surface area contributed by atoms with E-state index in [9.17, 15) is 9.59 Å². The standard InChI is InChI=1S/C20H20N2O3/c1-22-12-10-16(14-19(22)23)20(24)21-11-9-17(18-8-5-13-25-18)15-6-3-2-4-7-15/h2-8,10,12-14,17H,9,11H2,1H3,(H,21,24). The Labute approximate surface area is 145 Å². The van der Waals surface area contributed by atoms with E-state index >= 15 is 0 Å². The monoisotopic (exact) mass is 336 g/mol. The van der Waals surface area contributed by atoms with Gasteiger partial charge in [-0.1, -0.05) is 30.3 Å². The van der Waals surface area contributed by atoms with Gasteiger partial charge in [-0.2, -0.15) is 0 Å². The average Bonchev–Trinajstić information content (AvgIpc) is 3.16. The maximum absolute atomic E-state index is 12.2. The molecule has 128 valence electrons. The molecule has 0 aliphatic rings. The Kier molecular flexibility index (Phi) is 5.14. The van der Waals surface area contributed by atoms with Crippen molar-refractivity contribution in [3.63, 3.8) is 0 Å². The number of nitrogens with zero attached hydrogens (tertiary/aromatic N) is 1. The largest absolute Gasteiger partial charge is 0.469 e. The molecule has 25 heavy (non-hydrogen) atoms. The lowest BCUT2D eigenvalue weighted by Crippen LogP contribution is -2.27. The third kappa shape index (κ3) is 4.07. The van der Waals surface area contributed by atoms with Gasteiger partial charge in [0.2, 0.25) is 0 Å². The first kappa shape index (κ1) is 16.8. The minimum absolute atomic E-state index is 0.0696. The van der Waals surface area contributed by atoms with Crippen molar-refractivity contribution in [2.24, 2.45) is 7.05 Å². The molecular weight excluding hydrogens is 316 g/mol. The van der Waals surface area contributed by atoms with Gasteiger partial charge in [-0.25, -0.2) is 0 Å². The van der Waals surface area contributed by atoms with Gasteiger partial charge in [0, 0.05) is 37.3 Å². The van der Waals surface area contributed by atoms with Crippen molar-refractivity contribution in [3.05, 3.63) is 94.3 Å². The molecule has 1 aromatic carbocycles. The molecule has 0 saturated heterocycles. The van der Waals surface area contributed by atoms with Gasteiger partial charge in [0.05, 0.1) is 6.26 Å². The third-order valence-electron chi connectivity index (χ3n) is 4.17. The van der Waals surface area contributed by atoms with Gasteiger partial charge >= 0.3 is 0 Å². The van der Waals surface area contributed by atoms with Crippen molar-refractivity contribution < 1.29 is 9.21 Å². The second kappa shape index (κ2) is 7.66. The highest BCUT2D eigenvalue weighted by Gasteiger charge is 2.17. The Balaban J connectivity index is 1.66. The second-order valence-corrected chi connectivity index (χ2v) is 5.89. The Bertz CT molecular complexity index is 883. The van der Waals surface area contributed by atoms with Crippen LogP contribution in [0.5, 0.6) is 0 Å². The summed E-state index contributed by atoms with van der Waals surface area (Å²) < 4.78 is 6.99. The predicted molar refractivity (Wildman–Crippen MR) is 95.6 cm³/mol. The number of pyridine rings is 1. The summed E-state index contributed by atoms with van der Waals surface area (Å²) in [4.78, 5) is 23.9. The van der Waals surface area contributed by atoms with Crippen LogP contribution >= 0.6 is 0 Å². The molecule has 1 amide bonds. The van der Waals surface area contributed by atoms with E-state index in [4.69, 9.17) is 4.42 Å². The van der Waals surface area contributed by atoms with Crippen molar-refractivity contribution >= 4 is 5.91 Å². The van der Waals surface area contributed by atoms with E-state index in [1.807, 2.05) is 30.3 Å². The number of aromatic nitrogens is 1. The molecule has 5 nitrogen and oxygen atoms in total. The van der Waals surface area contributed by atoms with Crippen LogP contribution < -0.4 is 10.9 Å². The Morgan fingerprint density at radius 3 is 2.64 bits per heavy atom. The highest BCUT2D eigenvalue weighted by molar-refractivity contribution is 5.93. The summed E-state index contributed by atoms with van der Waals surface area (Å²) in [6, 6.07) is 16.8. The number of rotatable bonds is 6. The molecule has 5 heteroatoms. The van der Waals surface area contributed by atoms with Crippen LogP contribution in [0.2, 0.25) is 0 Å². The number of carbonyl (C=O) groups excluding carboxylic acids is 1. The normalized spacial score (nSPS) is 11.9. The molecular formula is C20H20N2O3. The van der Waals surface area contributed by atoms with Crippen LogP contribution in [0.15, 0.2) is 76.3 Å². The van der Waals surface area contributed by atoms with Crippen LogP contribution in [0.25, 0.3) is 0 Å². The van der Waals surface area contributed by atoms with Crippen molar-refractivity contribution in [3.8, 4) is 0 Å². The summed E-state index contributed by atoms with van der Waals surface area (Å²) in [7, 11) is 1.65. The summed E-state index contributed by atoms with van der Waals surface area (Å²) in [5.74, 6) is 0.693. The van der Waals surface area contributed by atoms with Crippen LogP contribution in [0.1, 0.15) is 34.0 Å². The fraction of sp³-hybridized carbons (Fsp3) is 0.200. The molecule has 2 aromatic heterocycles. The van der Waals surface area contributed by atoms with Gasteiger partial charge in [0.15, 0.2) is 0 Å². The first-order chi connectivity index (χ1) is 12.1. The zero-order valence-corrected chi connectivity index (χ0v) is 14.0. The molecule has 3 aromatic rings. The number of hydrogen-bond donors (Lipinski definition) is 1. The topological polar surface area (TPSA) is 64.2 Å². The molecule has 3 rings (SSSR count). The van der Waals surface area contributed by atoms with Crippen LogP contribution in [0, 0.1) is 0 Å². The summed E-state index contributed by atoms with van der Waals surface area (Å²) in [5.41, 5.74) is 1.31. The molecule has 0 aliphatic carbocycles. The zero-order chi connectivity index (χ0) is 17.6. The molecule has 0 spiro atoms. The van der Waals surface area contributed by atoms with E-state index in [0.29, 0.717) is 18.5 Å². The van der Waals surface area contributed by atoms with E-state index < -0.39 is 0 Å². The zero-order valence-electron chi connectivity index (χ0n) is 14.0. The van der Waals surface area contributed by atoms with Gasteiger partial charge < -0.3 is 14.3 Å². The fourth-order valence-corrected chi connectivity index (χ4v) is 2.77. The van der Waals surface area contributed by atoms with Crippen molar-refractivity contribution in [2.75, 3.05) is 6.54 Å². The molecule has 0 bridgehead atoms. The van der Waals surface area contributed by atoms with E-state index in [0.717, 1.165) is 11.3 Å². The minimum Gasteiger partial charge on any atom is -0.469 e. The quantitative estimate of drug-likeness (QED) is 0.753. The first-order valence-corrected chi connectivity index (χ1v) is 8.18. The van der Waals surface area contributed by atoms with Gasteiger partial charge in [-0.15, -0.1) is 0 Å². The van der Waals surface area contributed by atoms with Gasteiger partial charge in [-0.3, -0.25) is 9.59 Å². The van der Waals surface area contributed by atoms with Crippen LogP contribution in [0.3, 0.4) is 0 Å². The molecule has 1 unspecified atom stereocenters. The maximum atomic E-state index is 12.2. The van der Waals surface area contributed by atoms with Crippen molar-refractivity contribution in [1.82, 2.24) is 9.88 Å². The molecule has 1 atom stereocenters. The Hall–Kier alpha value is -3.08. The summed E-state index contributed by atoms with van der Waals surface area (Å²) in [6.07, 6.45) is 3.95. The molecule has 1 N–H and O–H groups in total.